The van der Waals surface area contributed by atoms with E-state index in [9.17, 15) is 9.81 Å². The molecule has 0 atom stereocenters. The van der Waals surface area contributed by atoms with Crippen molar-refractivity contribution in [2.75, 3.05) is 0 Å². The van der Waals surface area contributed by atoms with E-state index >= 15 is 0 Å². The normalized spacial score (nSPS) is 9.70. The Kier molecular flexibility index (Phi) is 30.1. The van der Waals surface area contributed by atoms with E-state index in [1.54, 1.807) is 50.2 Å². The second-order valence-corrected chi connectivity index (χ2v) is 4.27. The van der Waals surface area contributed by atoms with Gasteiger partial charge in [-0.2, -0.15) is 6.92 Å². The van der Waals surface area contributed by atoms with Gasteiger partial charge < -0.3 is 0 Å². The number of nitrogens with one attached hydrogen (secondary N) is 2. The van der Waals surface area contributed by atoms with Crippen molar-refractivity contribution in [2.45, 2.75) is 34.6 Å². The zero-order valence-corrected chi connectivity index (χ0v) is 16.8. The third-order valence-corrected chi connectivity index (χ3v) is 2.39. The molecule has 0 saturated carbocycles. The van der Waals surface area contributed by atoms with Gasteiger partial charge in [0.2, 0.25) is 0 Å². The molecule has 0 aliphatic carbocycles. The second-order valence-electron chi connectivity index (χ2n) is 4.27. The molecule has 0 aromatic carbocycles. The summed E-state index contributed by atoms with van der Waals surface area (Å²) < 4.78 is 0. The number of pyridine rings is 1. The number of hydroxylamine groups is 2. The molecule has 4 N–H and O–H groups in total. The standard InChI is InChI=1S/C5H5N.2C4H8N2O2.C3H4N.Co/c1-2-4-6-5-3-1;2*1-3(5-7)4(2)6-8;1-2-3-4;/h1-5H;2*5,7H,1-2H3;2H,1H3;/q;;;-1;/b;2*4-3-;;. The van der Waals surface area contributed by atoms with Crippen LogP contribution in [0.4, 0.5) is 0 Å². The summed E-state index contributed by atoms with van der Waals surface area (Å²) in [6, 6.07) is 7.52. The van der Waals surface area contributed by atoms with Gasteiger partial charge in [0.05, 0.1) is 11.4 Å². The average molecular weight is 424 g/mol. The second kappa shape index (κ2) is 25.5. The van der Waals surface area contributed by atoms with E-state index < -0.39 is 0 Å². The first-order valence-electron chi connectivity index (χ1n) is 7.20. The van der Waals surface area contributed by atoms with Crippen molar-refractivity contribution in [3.8, 4) is 6.07 Å². The van der Waals surface area contributed by atoms with Gasteiger partial charge in [-0.25, -0.2) is 5.26 Å². The summed E-state index contributed by atoms with van der Waals surface area (Å²) >= 11 is 0. The van der Waals surface area contributed by atoms with Crippen LogP contribution >= 0.6 is 0 Å². The largest absolute Gasteiger partial charge is 0.294 e. The first-order valence-corrected chi connectivity index (χ1v) is 7.20. The van der Waals surface area contributed by atoms with Crippen LogP contribution in [0, 0.1) is 27.6 Å². The van der Waals surface area contributed by atoms with Gasteiger partial charge in [-0.05, 0) is 50.2 Å². The minimum Gasteiger partial charge on any atom is -0.294 e. The molecule has 10 nitrogen and oxygen atoms in total. The Morgan fingerprint density at radius 2 is 1.30 bits per heavy atom. The van der Waals surface area contributed by atoms with Crippen LogP contribution in [0.1, 0.15) is 34.6 Å². The third kappa shape index (κ3) is 25.6. The number of aromatic nitrogens is 1. The van der Waals surface area contributed by atoms with Gasteiger partial charge in [-0.15, -0.1) is 15.9 Å². The molecule has 0 spiro atoms. The molecular formula is C16H25CoN6O4-. The maximum Gasteiger partial charge on any atom is 0.103 e. The molecule has 0 bridgehead atoms. The van der Waals surface area contributed by atoms with Crippen LogP contribution in [-0.2, 0) is 16.8 Å². The summed E-state index contributed by atoms with van der Waals surface area (Å²) in [5.41, 5.74) is 4.87. The predicted molar refractivity (Wildman–Crippen MR) is 98.0 cm³/mol. The molecule has 0 aliphatic heterocycles. The van der Waals surface area contributed by atoms with Crippen LogP contribution in [-0.4, -0.2) is 15.4 Å². The summed E-state index contributed by atoms with van der Waals surface area (Å²) in [5.74, 6) is 0. The summed E-state index contributed by atoms with van der Waals surface area (Å²) in [6.45, 7) is 7.81. The number of nitroso groups, excluding NO2 is 2. The van der Waals surface area contributed by atoms with E-state index in [4.69, 9.17) is 15.7 Å². The topological polar surface area (TPSA) is 160 Å². The van der Waals surface area contributed by atoms with Crippen LogP contribution in [0.15, 0.2) is 63.7 Å². The fourth-order valence-corrected chi connectivity index (χ4v) is 0.611. The molecule has 153 valence electrons. The summed E-state index contributed by atoms with van der Waals surface area (Å²) in [5, 5.41) is 29.0. The van der Waals surface area contributed by atoms with E-state index in [2.05, 4.69) is 15.3 Å². The number of rotatable bonds is 4. The summed E-state index contributed by atoms with van der Waals surface area (Å²) in [7, 11) is 0. The number of hydrogen-bond acceptors (Lipinski definition) is 10. The Morgan fingerprint density at radius 1 is 0.963 bits per heavy atom. The van der Waals surface area contributed by atoms with Gasteiger partial charge in [0.1, 0.15) is 11.4 Å². The molecule has 0 saturated heterocycles. The number of hydrogen-bond donors (Lipinski definition) is 4. The van der Waals surface area contributed by atoms with Crippen LogP contribution in [0.5, 0.6) is 0 Å². The van der Waals surface area contributed by atoms with E-state index in [-0.39, 0.29) is 28.2 Å². The summed E-state index contributed by atoms with van der Waals surface area (Å²) in [4.78, 5) is 23.1. The van der Waals surface area contributed by atoms with Crippen molar-refractivity contribution in [1.29, 1.82) is 5.26 Å². The van der Waals surface area contributed by atoms with Crippen LogP contribution in [0.3, 0.4) is 0 Å². The summed E-state index contributed by atoms with van der Waals surface area (Å²) in [6.07, 6.45) is 4.93. The Hall–Kier alpha value is -2.78. The zero-order chi connectivity index (χ0) is 20.8. The molecule has 1 aromatic heterocycles. The smallest absolute Gasteiger partial charge is 0.103 e. The molecule has 1 heterocycles. The van der Waals surface area contributed by atoms with Crippen molar-refractivity contribution in [3.05, 3.63) is 69.6 Å². The zero-order valence-electron chi connectivity index (χ0n) is 15.8. The molecule has 27 heavy (non-hydrogen) atoms. The minimum absolute atomic E-state index is 0. The maximum atomic E-state index is 9.65. The van der Waals surface area contributed by atoms with Crippen molar-refractivity contribution >= 4 is 0 Å². The Balaban J connectivity index is -0.000000133. The van der Waals surface area contributed by atoms with Crippen molar-refractivity contribution < 1.29 is 27.2 Å². The van der Waals surface area contributed by atoms with Crippen molar-refractivity contribution in [3.63, 3.8) is 0 Å². The van der Waals surface area contributed by atoms with Crippen LogP contribution < -0.4 is 11.0 Å². The minimum atomic E-state index is 0. The van der Waals surface area contributed by atoms with E-state index in [0.29, 0.717) is 11.4 Å². The van der Waals surface area contributed by atoms with Gasteiger partial charge in [-0.3, -0.25) is 32.8 Å². The SMILES string of the molecule is C/C(N=O)=C(\C)NO.C/C(N=O)=C(\C)NO.C[CH-]C#N.[Co].c1ccncc1. The molecule has 11 heteroatoms. The van der Waals surface area contributed by atoms with E-state index in [0.717, 1.165) is 0 Å². The van der Waals surface area contributed by atoms with Gasteiger partial charge in [0, 0.05) is 29.2 Å². The molecule has 0 unspecified atom stereocenters. The first-order chi connectivity index (χ1) is 12.4. The Labute approximate surface area is 169 Å². The quantitative estimate of drug-likeness (QED) is 0.323. The fourth-order valence-electron chi connectivity index (χ4n) is 0.611. The van der Waals surface area contributed by atoms with E-state index in [1.807, 2.05) is 18.2 Å². The van der Waals surface area contributed by atoms with Crippen molar-refractivity contribution in [1.82, 2.24) is 15.9 Å². The molecule has 1 aromatic rings. The molecular weight excluding hydrogens is 399 g/mol. The predicted octanol–water partition coefficient (Wildman–Crippen LogP) is 3.78. The van der Waals surface area contributed by atoms with E-state index in [1.165, 1.54) is 20.3 Å². The average Bonchev–Trinajstić information content (AvgIpc) is 2.73. The molecule has 0 aliphatic rings. The maximum absolute atomic E-state index is 9.65. The van der Waals surface area contributed by atoms with Crippen molar-refractivity contribution in [2.24, 2.45) is 10.4 Å². The monoisotopic (exact) mass is 424 g/mol. The Morgan fingerprint density at radius 3 is 1.37 bits per heavy atom. The molecule has 1 rings (SSSR count). The van der Waals surface area contributed by atoms with Gasteiger partial charge in [-0.1, -0.05) is 6.07 Å². The number of allylic oxidation sites excluding steroid dienone is 4. The molecule has 0 fully saturated rings. The van der Waals surface area contributed by atoms with Crippen LogP contribution in [0.25, 0.3) is 0 Å². The van der Waals surface area contributed by atoms with Crippen LogP contribution in [0.2, 0.25) is 0 Å². The van der Waals surface area contributed by atoms with Gasteiger partial charge in [0.25, 0.3) is 0 Å². The Bertz CT molecular complexity index is 532. The third-order valence-electron chi connectivity index (χ3n) is 2.39. The van der Waals surface area contributed by atoms with Gasteiger partial charge in [0.15, 0.2) is 0 Å². The first kappa shape index (κ1) is 31.9. The number of nitrogens with zero attached hydrogens (tertiary/aromatic N) is 4. The molecule has 0 amide bonds. The molecule has 1 radical (unpaired) electrons. The fraction of sp³-hybridized carbons (Fsp3) is 0.312. The number of nitriles is 1. The van der Waals surface area contributed by atoms with Gasteiger partial charge >= 0.3 is 0 Å².